The second-order valence-corrected chi connectivity index (χ2v) is 25.2. The molecule has 3 aromatic rings. The topological polar surface area (TPSA) is 122 Å². The maximum Gasteiger partial charge on any atom is 0.312 e. The lowest BCUT2D eigenvalue weighted by Crippen LogP contribution is -2.50. The van der Waals surface area contributed by atoms with E-state index < -0.39 is 15.9 Å². The van der Waals surface area contributed by atoms with E-state index in [1.165, 1.54) is 123 Å². The van der Waals surface area contributed by atoms with E-state index in [1.807, 2.05) is 0 Å². The summed E-state index contributed by atoms with van der Waals surface area (Å²) in [6.07, 6.45) is 27.2. The van der Waals surface area contributed by atoms with E-state index in [4.69, 9.17) is 14.2 Å². The molecule has 5 aliphatic rings. The molecule has 1 heterocycles. The Morgan fingerprint density at radius 2 is 1.09 bits per heavy atom. The second-order valence-electron chi connectivity index (χ2n) is 21.7. The van der Waals surface area contributed by atoms with Crippen molar-refractivity contribution < 1.29 is 36.8 Å². The first-order valence-electron chi connectivity index (χ1n) is 27.3. The van der Waals surface area contributed by atoms with E-state index in [0.717, 1.165) is 65.0 Å². The van der Waals surface area contributed by atoms with Crippen molar-refractivity contribution in [2.24, 2.45) is 23.2 Å². The summed E-state index contributed by atoms with van der Waals surface area (Å²) in [7, 11) is -4.35. The third-order valence-corrected chi connectivity index (χ3v) is 17.6. The molecule has 1 saturated heterocycles. The number of benzene rings is 3. The van der Waals surface area contributed by atoms with Gasteiger partial charge < -0.3 is 18.8 Å². The van der Waals surface area contributed by atoms with Crippen LogP contribution >= 0.6 is 0 Å². The normalized spacial score (nSPS) is 20.8. The number of rotatable bonds is 26. The molecule has 5 fully saturated rings. The molecule has 11 heteroatoms. The molecule has 70 heavy (non-hydrogen) atoms. The number of hydrogen-bond donors (Lipinski definition) is 0. The molecule has 0 atom stereocenters. The summed E-state index contributed by atoms with van der Waals surface area (Å²) in [6.45, 7) is 13.6. The van der Waals surface area contributed by atoms with E-state index in [9.17, 15) is 22.6 Å². The second kappa shape index (κ2) is 30.7. The molecule has 390 valence electrons. The van der Waals surface area contributed by atoms with Crippen molar-refractivity contribution in [3.63, 3.8) is 0 Å². The van der Waals surface area contributed by atoms with Gasteiger partial charge >= 0.3 is 11.9 Å². The summed E-state index contributed by atoms with van der Waals surface area (Å²) in [5, 5.41) is 0. The van der Waals surface area contributed by atoms with Crippen molar-refractivity contribution >= 4 is 33.0 Å². The van der Waals surface area contributed by atoms with Crippen molar-refractivity contribution in [3.8, 4) is 0 Å². The van der Waals surface area contributed by atoms with Gasteiger partial charge in [0.15, 0.2) is 14.7 Å². The Balaban J connectivity index is 0.000000199. The van der Waals surface area contributed by atoms with Crippen LogP contribution in [0, 0.1) is 23.2 Å². The van der Waals surface area contributed by atoms with Gasteiger partial charge in [0.05, 0.1) is 45.4 Å². The summed E-state index contributed by atoms with van der Waals surface area (Å²) in [4.78, 5) is 30.4. The predicted molar refractivity (Wildman–Crippen MR) is 284 cm³/mol. The summed E-state index contributed by atoms with van der Waals surface area (Å²) >= 11 is 0. The molecule has 4 saturated carbocycles. The standard InChI is InChI=1S/C24H47NO3.C22H23S.C13H20O5S/c1-2-3-4-5-6-7-8-9-10-11-12-13-14-15-16-17-24(26)28-23-20-25-18-21-27-22-19-25;1-22(2,3)18-14-16-21(17-15-18)23(19-10-6-4-7-11-19)20-12-8-5-9-13-20;14-12(18-1-2-19(15,16)17)13-6-9-3-10(7-13)5-11(4-9)8-13/h2-23H2,1H3;4-17H,1-3H3;9-11H,1-8H2,(H,15,16,17)/q;+1;/p-1. The van der Waals surface area contributed by atoms with Gasteiger partial charge in [0.25, 0.3) is 0 Å². The van der Waals surface area contributed by atoms with Crippen LogP contribution in [0.1, 0.15) is 175 Å². The Kier molecular flexibility index (Phi) is 25.3. The molecule has 8 rings (SSSR count). The number of ether oxygens (including phenoxy) is 3. The number of unbranched alkanes of at least 4 members (excludes halogenated alkanes) is 14. The minimum Gasteiger partial charge on any atom is -0.748 e. The summed E-state index contributed by atoms with van der Waals surface area (Å²) in [5.41, 5.74) is 1.20. The zero-order valence-electron chi connectivity index (χ0n) is 43.6. The zero-order chi connectivity index (χ0) is 50.1. The monoisotopic (exact) mass is 1000 g/mol. The van der Waals surface area contributed by atoms with Crippen molar-refractivity contribution in [2.45, 2.75) is 189 Å². The molecule has 9 nitrogen and oxygen atoms in total. The van der Waals surface area contributed by atoms with Gasteiger partial charge in [-0.25, -0.2) is 8.42 Å². The fraction of sp³-hybridized carbons (Fsp3) is 0.661. The maximum atomic E-state index is 12.3. The Morgan fingerprint density at radius 3 is 1.53 bits per heavy atom. The van der Waals surface area contributed by atoms with Crippen LogP contribution in [0.3, 0.4) is 0 Å². The number of carbonyl (C=O) groups excluding carboxylic acids is 2. The molecular formula is C59H89NO8S2. The Morgan fingerprint density at radius 1 is 0.643 bits per heavy atom. The van der Waals surface area contributed by atoms with Crippen LogP contribution in [0.15, 0.2) is 99.6 Å². The lowest BCUT2D eigenvalue weighted by molar-refractivity contribution is -0.170. The van der Waals surface area contributed by atoms with Crippen LogP contribution < -0.4 is 0 Å². The van der Waals surface area contributed by atoms with Crippen molar-refractivity contribution in [2.75, 3.05) is 51.8 Å². The summed E-state index contributed by atoms with van der Waals surface area (Å²) < 4.78 is 47.3. The lowest BCUT2D eigenvalue weighted by Gasteiger charge is -2.55. The molecule has 4 aliphatic carbocycles. The maximum absolute atomic E-state index is 12.3. The first kappa shape index (κ1) is 57.7. The van der Waals surface area contributed by atoms with E-state index >= 15 is 0 Å². The largest absolute Gasteiger partial charge is 0.748 e. The third-order valence-electron chi connectivity index (χ3n) is 14.7. The van der Waals surface area contributed by atoms with Gasteiger partial charge in [-0.05, 0) is 110 Å². The van der Waals surface area contributed by atoms with E-state index in [2.05, 4.69) is 118 Å². The summed E-state index contributed by atoms with van der Waals surface area (Å²) in [5.74, 6) is 1.01. The molecule has 3 aromatic carbocycles. The highest BCUT2D eigenvalue weighted by Crippen LogP contribution is 2.60. The van der Waals surface area contributed by atoms with Crippen LogP contribution in [0.2, 0.25) is 0 Å². The molecular weight excluding hydrogens is 915 g/mol. The first-order valence-corrected chi connectivity index (χ1v) is 30.1. The predicted octanol–water partition coefficient (Wildman–Crippen LogP) is 13.5. The van der Waals surface area contributed by atoms with Crippen LogP contribution in [0.5, 0.6) is 0 Å². The van der Waals surface area contributed by atoms with Gasteiger partial charge in [0, 0.05) is 26.1 Å². The van der Waals surface area contributed by atoms with Gasteiger partial charge in [0.2, 0.25) is 0 Å². The van der Waals surface area contributed by atoms with Crippen LogP contribution in [-0.2, 0) is 50.2 Å². The fourth-order valence-electron chi connectivity index (χ4n) is 11.2. The average Bonchev–Trinajstić information content (AvgIpc) is 3.33. The van der Waals surface area contributed by atoms with Crippen LogP contribution in [0.25, 0.3) is 0 Å². The van der Waals surface area contributed by atoms with Gasteiger partial charge in [-0.1, -0.05) is 166 Å². The van der Waals surface area contributed by atoms with Crippen molar-refractivity contribution in [1.82, 2.24) is 4.90 Å². The first-order chi connectivity index (χ1) is 33.7. The van der Waals surface area contributed by atoms with E-state index in [-0.39, 0.29) is 40.3 Å². The smallest absolute Gasteiger partial charge is 0.312 e. The minimum absolute atomic E-state index is 0.0250. The number of esters is 2. The molecule has 1 aliphatic heterocycles. The third kappa shape index (κ3) is 21.1. The van der Waals surface area contributed by atoms with Gasteiger partial charge in [-0.3, -0.25) is 14.5 Å². The van der Waals surface area contributed by atoms with Gasteiger partial charge in [-0.15, -0.1) is 0 Å². The van der Waals surface area contributed by atoms with Gasteiger partial charge in [0.1, 0.15) is 13.2 Å². The number of carbonyl (C=O) groups is 2. The summed E-state index contributed by atoms with van der Waals surface area (Å²) in [6, 6.07) is 30.7. The molecule has 0 unspecified atom stereocenters. The average molecular weight is 1000 g/mol. The van der Waals surface area contributed by atoms with Crippen LogP contribution in [0.4, 0.5) is 0 Å². The zero-order valence-corrected chi connectivity index (χ0v) is 45.2. The number of hydrogen-bond acceptors (Lipinski definition) is 9. The Bertz CT molecular complexity index is 1940. The van der Waals surface area contributed by atoms with Crippen molar-refractivity contribution in [1.29, 1.82) is 0 Å². The van der Waals surface area contributed by atoms with Crippen LogP contribution in [-0.4, -0.2) is 81.6 Å². The van der Waals surface area contributed by atoms with Gasteiger partial charge in [-0.2, -0.15) is 0 Å². The Hall–Kier alpha value is -3.22. The van der Waals surface area contributed by atoms with E-state index in [0.29, 0.717) is 30.8 Å². The number of morpholine rings is 1. The van der Waals surface area contributed by atoms with E-state index in [1.54, 1.807) is 0 Å². The lowest BCUT2D eigenvalue weighted by atomic mass is 9.49. The molecule has 0 aromatic heterocycles. The Labute approximate surface area is 427 Å². The quantitative estimate of drug-likeness (QED) is 0.0335. The molecule has 0 spiro atoms. The SMILES string of the molecule is CC(C)(C)c1ccc([S+](c2ccccc2)c2ccccc2)cc1.CCCCCCCCCCCCCCCCCC(=O)OCCN1CCOCC1.O=C(OCCS(=O)(=O)[O-])C12CC3CC(CC(C3)C1)C2. The molecule has 0 N–H and O–H groups in total. The fourth-order valence-corrected chi connectivity index (χ4v) is 13.6. The van der Waals surface area contributed by atoms with Crippen molar-refractivity contribution in [3.05, 3.63) is 90.5 Å². The highest BCUT2D eigenvalue weighted by atomic mass is 32.2. The molecule has 0 amide bonds. The highest BCUT2D eigenvalue weighted by Gasteiger charge is 2.55. The minimum atomic E-state index is -4.30. The molecule has 4 bridgehead atoms. The highest BCUT2D eigenvalue weighted by molar-refractivity contribution is 7.97. The number of nitrogens with zero attached hydrogens (tertiary/aromatic N) is 1. The molecule has 0 radical (unpaired) electrons.